The second-order valence-electron chi connectivity index (χ2n) is 6.35. The van der Waals surface area contributed by atoms with Crippen molar-refractivity contribution in [2.24, 2.45) is 17.3 Å². The van der Waals surface area contributed by atoms with E-state index in [2.05, 4.69) is 4.74 Å². The van der Waals surface area contributed by atoms with Gasteiger partial charge in [-0.1, -0.05) is 6.92 Å². The van der Waals surface area contributed by atoms with E-state index in [1.165, 1.54) is 45.0 Å². The van der Waals surface area contributed by atoms with E-state index in [1.807, 2.05) is 0 Å². The third-order valence-electron chi connectivity index (χ3n) is 4.16. The number of aliphatic carboxylic acids is 1. The minimum Gasteiger partial charge on any atom is -0.481 e. The van der Waals surface area contributed by atoms with Crippen LogP contribution in [-0.4, -0.2) is 35.0 Å². The Morgan fingerprint density at radius 1 is 1.23 bits per heavy atom. The summed E-state index contributed by atoms with van der Waals surface area (Å²) in [5.74, 6) is -5.27. The minimum atomic E-state index is -1.50. The second-order valence-corrected chi connectivity index (χ2v) is 6.35. The number of nitro groups is 1. The number of esters is 2. The Hall–Kier alpha value is -2.97. The van der Waals surface area contributed by atoms with Gasteiger partial charge in [-0.05, 0) is 31.5 Å². The molecule has 0 heterocycles. The van der Waals surface area contributed by atoms with Crippen molar-refractivity contribution in [3.8, 4) is 0 Å². The summed E-state index contributed by atoms with van der Waals surface area (Å²) in [5, 5.41) is 20.1. The molecule has 1 aromatic rings. The molecule has 0 fully saturated rings. The molecule has 0 radical (unpaired) electrons. The van der Waals surface area contributed by atoms with Gasteiger partial charge < -0.3 is 14.6 Å². The topological polar surface area (TPSA) is 133 Å². The number of ether oxygens (including phenoxy) is 2. The van der Waals surface area contributed by atoms with E-state index in [-0.39, 0.29) is 12.3 Å². The number of carboxylic acids is 1. The lowest BCUT2D eigenvalue weighted by Gasteiger charge is -2.32. The zero-order chi connectivity index (χ0) is 20.1. The summed E-state index contributed by atoms with van der Waals surface area (Å²) in [4.78, 5) is 45.8. The first-order valence-electron chi connectivity index (χ1n) is 7.73. The molecule has 142 valence electrons. The van der Waals surface area contributed by atoms with Gasteiger partial charge in [0.2, 0.25) is 0 Å². The molecule has 0 aliphatic carbocycles. The molecule has 0 aromatic heterocycles. The van der Waals surface area contributed by atoms with Gasteiger partial charge in [0.15, 0.2) is 0 Å². The molecule has 9 heteroatoms. The monoisotopic (exact) mass is 367 g/mol. The van der Waals surface area contributed by atoms with E-state index >= 15 is 0 Å². The van der Waals surface area contributed by atoms with Crippen LogP contribution in [0.1, 0.15) is 26.3 Å². The number of rotatable bonds is 8. The van der Waals surface area contributed by atoms with Gasteiger partial charge in [0, 0.05) is 12.1 Å². The molecule has 0 aliphatic heterocycles. The molecule has 0 amide bonds. The normalized spacial score (nSPS) is 13.4. The first-order chi connectivity index (χ1) is 12.0. The number of methoxy groups -OCH3 is 1. The van der Waals surface area contributed by atoms with E-state index in [0.29, 0.717) is 5.56 Å². The summed E-state index contributed by atoms with van der Waals surface area (Å²) < 4.78 is 9.73. The molecule has 2 atom stereocenters. The van der Waals surface area contributed by atoms with Crippen LogP contribution in [0.3, 0.4) is 0 Å². The Balaban J connectivity index is 2.89. The van der Waals surface area contributed by atoms with Gasteiger partial charge in [-0.3, -0.25) is 24.5 Å². The first kappa shape index (κ1) is 21.1. The fourth-order valence-corrected chi connectivity index (χ4v) is 2.65. The summed E-state index contributed by atoms with van der Waals surface area (Å²) in [6, 6.07) is 5.41. The van der Waals surface area contributed by atoms with E-state index in [0.717, 1.165) is 7.11 Å². The highest BCUT2D eigenvalue weighted by Crippen LogP contribution is 2.35. The Morgan fingerprint density at radius 2 is 1.77 bits per heavy atom. The predicted octanol–water partition coefficient (Wildman–Crippen LogP) is 2.17. The lowest BCUT2D eigenvalue weighted by molar-refractivity contribution is -0.384. The quantitative estimate of drug-likeness (QED) is 0.420. The molecule has 0 spiro atoms. The highest BCUT2D eigenvalue weighted by Gasteiger charge is 2.48. The van der Waals surface area contributed by atoms with Gasteiger partial charge in [0.05, 0.1) is 29.3 Å². The van der Waals surface area contributed by atoms with Crippen LogP contribution >= 0.6 is 0 Å². The van der Waals surface area contributed by atoms with Crippen molar-refractivity contribution in [1.29, 1.82) is 0 Å². The average molecular weight is 367 g/mol. The van der Waals surface area contributed by atoms with Gasteiger partial charge in [-0.15, -0.1) is 0 Å². The number of nitro benzene ring substituents is 1. The molecule has 9 nitrogen and oxygen atoms in total. The maximum absolute atomic E-state index is 12.4. The van der Waals surface area contributed by atoms with Crippen molar-refractivity contribution in [2.45, 2.75) is 27.4 Å². The van der Waals surface area contributed by atoms with Gasteiger partial charge in [-0.2, -0.15) is 0 Å². The number of carboxylic acid groups (broad SMARTS) is 1. The number of carbonyl (C=O) groups is 3. The van der Waals surface area contributed by atoms with Crippen LogP contribution in [-0.2, 0) is 30.5 Å². The SMILES string of the molecule is COC(=O)C(C)C(C(=O)O)C(C)(C)C(=O)OCc1ccc([N+](=O)[O-])cc1. The lowest BCUT2D eigenvalue weighted by Crippen LogP contribution is -2.44. The Kier molecular flexibility index (Phi) is 6.82. The molecule has 0 saturated carbocycles. The van der Waals surface area contributed by atoms with Gasteiger partial charge in [-0.25, -0.2) is 0 Å². The van der Waals surface area contributed by atoms with Crippen LogP contribution in [0.4, 0.5) is 5.69 Å². The van der Waals surface area contributed by atoms with Crippen molar-refractivity contribution in [3.63, 3.8) is 0 Å². The van der Waals surface area contributed by atoms with Crippen LogP contribution in [0.2, 0.25) is 0 Å². The molecule has 1 aromatic carbocycles. The smallest absolute Gasteiger partial charge is 0.312 e. The van der Waals surface area contributed by atoms with Crippen LogP contribution in [0.25, 0.3) is 0 Å². The zero-order valence-corrected chi connectivity index (χ0v) is 14.9. The second kappa shape index (κ2) is 8.41. The van der Waals surface area contributed by atoms with Gasteiger partial charge >= 0.3 is 17.9 Å². The molecule has 1 rings (SSSR count). The first-order valence-corrected chi connectivity index (χ1v) is 7.73. The number of carbonyl (C=O) groups excluding carboxylic acids is 2. The molecule has 0 aliphatic rings. The van der Waals surface area contributed by atoms with Crippen molar-refractivity contribution in [3.05, 3.63) is 39.9 Å². The number of nitrogens with zero attached hydrogens (tertiary/aromatic N) is 1. The van der Waals surface area contributed by atoms with E-state index < -0.39 is 40.1 Å². The van der Waals surface area contributed by atoms with Crippen molar-refractivity contribution in [1.82, 2.24) is 0 Å². The van der Waals surface area contributed by atoms with Crippen molar-refractivity contribution >= 4 is 23.6 Å². The standard InChI is InChI=1S/C17H21NO8/c1-10(15(21)25-4)13(14(19)20)17(2,3)16(22)26-9-11-5-7-12(8-6-11)18(23)24/h5-8,10,13H,9H2,1-4H3,(H,19,20). The van der Waals surface area contributed by atoms with E-state index in [9.17, 15) is 29.6 Å². The fourth-order valence-electron chi connectivity index (χ4n) is 2.65. The molecule has 2 unspecified atom stereocenters. The molecular formula is C17H21NO8. The molecule has 1 N–H and O–H groups in total. The third kappa shape index (κ3) is 4.78. The summed E-state index contributed by atoms with van der Waals surface area (Å²) in [7, 11) is 1.14. The maximum atomic E-state index is 12.4. The van der Waals surface area contributed by atoms with Crippen molar-refractivity contribution in [2.75, 3.05) is 7.11 Å². The Bertz CT molecular complexity index is 695. The zero-order valence-electron chi connectivity index (χ0n) is 14.9. The number of benzene rings is 1. The van der Waals surface area contributed by atoms with Crippen LogP contribution in [0, 0.1) is 27.4 Å². The minimum absolute atomic E-state index is 0.0988. The molecule has 0 saturated heterocycles. The fraction of sp³-hybridized carbons (Fsp3) is 0.471. The Labute approximate surface area is 150 Å². The summed E-state index contributed by atoms with van der Waals surface area (Å²) in [6.45, 7) is 3.95. The van der Waals surface area contributed by atoms with Crippen molar-refractivity contribution < 1.29 is 33.9 Å². The molecular weight excluding hydrogens is 346 g/mol. The molecule has 26 heavy (non-hydrogen) atoms. The maximum Gasteiger partial charge on any atom is 0.312 e. The highest BCUT2D eigenvalue weighted by atomic mass is 16.6. The average Bonchev–Trinajstić information content (AvgIpc) is 2.58. The number of non-ortho nitro benzene ring substituents is 1. The van der Waals surface area contributed by atoms with E-state index in [4.69, 9.17) is 4.74 Å². The lowest BCUT2D eigenvalue weighted by atomic mass is 9.72. The van der Waals surface area contributed by atoms with Gasteiger partial charge in [0.25, 0.3) is 5.69 Å². The van der Waals surface area contributed by atoms with E-state index in [1.54, 1.807) is 0 Å². The highest BCUT2D eigenvalue weighted by molar-refractivity contribution is 5.88. The summed E-state index contributed by atoms with van der Waals surface area (Å²) >= 11 is 0. The van der Waals surface area contributed by atoms with Crippen LogP contribution < -0.4 is 0 Å². The van der Waals surface area contributed by atoms with Crippen LogP contribution in [0.15, 0.2) is 24.3 Å². The molecule has 0 bridgehead atoms. The number of hydrogen-bond donors (Lipinski definition) is 1. The largest absolute Gasteiger partial charge is 0.481 e. The third-order valence-corrected chi connectivity index (χ3v) is 4.16. The summed E-state index contributed by atoms with van der Waals surface area (Å²) in [6.07, 6.45) is 0. The van der Waals surface area contributed by atoms with Crippen LogP contribution in [0.5, 0.6) is 0 Å². The van der Waals surface area contributed by atoms with Gasteiger partial charge in [0.1, 0.15) is 6.61 Å². The summed E-state index contributed by atoms with van der Waals surface area (Å²) in [5.41, 5.74) is -1.09. The predicted molar refractivity (Wildman–Crippen MR) is 89.0 cm³/mol. The Morgan fingerprint density at radius 3 is 2.19 bits per heavy atom. The number of hydrogen-bond acceptors (Lipinski definition) is 7.